The first kappa shape index (κ1) is 13.6. The molecule has 0 bridgehead atoms. The Morgan fingerprint density at radius 3 is 2.29 bits per heavy atom. The number of halogens is 2. The van der Waals surface area contributed by atoms with Crippen LogP contribution in [0.4, 0.5) is 20.4 Å². The third-order valence-corrected chi connectivity index (χ3v) is 2.18. The van der Waals surface area contributed by atoms with E-state index in [9.17, 15) is 8.78 Å². The first-order chi connectivity index (χ1) is 7.95. The van der Waals surface area contributed by atoms with Crippen LogP contribution in [0.2, 0.25) is 0 Å². The van der Waals surface area contributed by atoms with E-state index in [1.165, 1.54) is 6.92 Å². The fourth-order valence-electron chi connectivity index (χ4n) is 1.07. The monoisotopic (exact) mass is 248 g/mol. The Morgan fingerprint density at radius 1 is 1.29 bits per heavy atom. The lowest BCUT2D eigenvalue weighted by Crippen LogP contribution is -2.43. The molecule has 0 aliphatic heterocycles. The van der Waals surface area contributed by atoms with E-state index < -0.39 is 30.4 Å². The number of aliphatic hydroxyl groups excluding tert-OH is 2. The largest absolute Gasteiger partial charge is 0.394 e. The lowest BCUT2D eigenvalue weighted by molar-refractivity contribution is 0.147. The van der Waals surface area contributed by atoms with Gasteiger partial charge >= 0.3 is 0 Å². The second kappa shape index (κ2) is 5.21. The van der Waals surface area contributed by atoms with E-state index >= 15 is 0 Å². The first-order valence-corrected chi connectivity index (χ1v) is 4.78. The molecule has 0 saturated carbocycles. The average Bonchev–Trinajstić information content (AvgIpc) is 2.32. The van der Waals surface area contributed by atoms with Crippen molar-refractivity contribution >= 4 is 11.6 Å². The maximum absolute atomic E-state index is 13.4. The Balaban J connectivity index is 3.06. The Bertz CT molecular complexity index is 399. The Labute approximate surface area is 96.4 Å². The number of rotatable bonds is 5. The molecule has 17 heavy (non-hydrogen) atoms. The minimum Gasteiger partial charge on any atom is -0.394 e. The highest BCUT2D eigenvalue weighted by atomic mass is 19.1. The van der Waals surface area contributed by atoms with E-state index in [0.717, 1.165) is 0 Å². The zero-order valence-corrected chi connectivity index (χ0v) is 9.17. The number of nitrogen functional groups attached to an aromatic ring is 1. The number of hydrogen-bond acceptors (Lipinski definition) is 6. The maximum atomic E-state index is 13.4. The summed E-state index contributed by atoms with van der Waals surface area (Å²) in [5.74, 6) is 2.45. The number of aromatic nitrogens is 1. The van der Waals surface area contributed by atoms with Gasteiger partial charge in [0, 0.05) is 6.07 Å². The summed E-state index contributed by atoms with van der Waals surface area (Å²) in [4.78, 5) is 3.55. The number of nitrogens with two attached hydrogens (primary N) is 1. The molecule has 0 atom stereocenters. The summed E-state index contributed by atoms with van der Waals surface area (Å²) in [7, 11) is 0. The Morgan fingerprint density at radius 2 is 1.82 bits per heavy atom. The number of nitrogens with zero attached hydrogens (tertiary/aromatic N) is 1. The van der Waals surface area contributed by atoms with Crippen LogP contribution in [-0.4, -0.2) is 33.9 Å². The molecule has 0 aromatic carbocycles. The number of aliphatic hydroxyl groups is 2. The standard InChI is InChI=1S/C9H14F2N4O2/c1-9(3-16,4-17)14-7-5(10)2-6(11)8(13-7)15-12/h2,16-17H,3-4,12H2,1H3,(H2,13,14,15). The normalized spacial score (nSPS) is 11.4. The van der Waals surface area contributed by atoms with Crippen LogP contribution in [-0.2, 0) is 0 Å². The molecule has 1 aromatic heterocycles. The molecule has 1 rings (SSSR count). The molecule has 6 N–H and O–H groups in total. The van der Waals surface area contributed by atoms with Crippen molar-refractivity contribution in [2.24, 2.45) is 5.84 Å². The minimum atomic E-state index is -1.17. The fraction of sp³-hybridized carbons (Fsp3) is 0.444. The zero-order valence-electron chi connectivity index (χ0n) is 9.17. The van der Waals surface area contributed by atoms with E-state index in [-0.39, 0.29) is 11.6 Å². The molecule has 0 saturated heterocycles. The SMILES string of the molecule is CC(CO)(CO)Nc1nc(NN)c(F)cc1F. The average molecular weight is 248 g/mol. The van der Waals surface area contributed by atoms with Crippen molar-refractivity contribution in [3.8, 4) is 0 Å². The molecule has 6 nitrogen and oxygen atoms in total. The van der Waals surface area contributed by atoms with Gasteiger partial charge < -0.3 is 21.0 Å². The second-order valence-electron chi connectivity index (χ2n) is 3.80. The Kier molecular flexibility index (Phi) is 4.16. The van der Waals surface area contributed by atoms with Gasteiger partial charge in [0.05, 0.1) is 18.8 Å². The molecule has 0 radical (unpaired) electrons. The van der Waals surface area contributed by atoms with Gasteiger partial charge in [-0.3, -0.25) is 0 Å². The van der Waals surface area contributed by atoms with Crippen LogP contribution >= 0.6 is 0 Å². The minimum absolute atomic E-state index is 0.315. The predicted molar refractivity (Wildman–Crippen MR) is 58.2 cm³/mol. The lowest BCUT2D eigenvalue weighted by Gasteiger charge is -2.27. The summed E-state index contributed by atoms with van der Waals surface area (Å²) in [5, 5.41) is 20.5. The van der Waals surface area contributed by atoms with Crippen molar-refractivity contribution in [3.63, 3.8) is 0 Å². The van der Waals surface area contributed by atoms with Gasteiger partial charge in [0.25, 0.3) is 0 Å². The number of hydrogen-bond donors (Lipinski definition) is 5. The van der Waals surface area contributed by atoms with Gasteiger partial charge in [-0.2, -0.15) is 0 Å². The van der Waals surface area contributed by atoms with Crippen LogP contribution in [0.5, 0.6) is 0 Å². The van der Waals surface area contributed by atoms with Gasteiger partial charge in [-0.1, -0.05) is 0 Å². The summed E-state index contributed by atoms with van der Waals surface area (Å²) >= 11 is 0. The molecule has 0 aliphatic carbocycles. The van der Waals surface area contributed by atoms with Crippen LogP contribution in [0.3, 0.4) is 0 Å². The number of anilines is 2. The number of pyridine rings is 1. The molecular weight excluding hydrogens is 234 g/mol. The van der Waals surface area contributed by atoms with E-state index in [0.29, 0.717) is 6.07 Å². The van der Waals surface area contributed by atoms with E-state index in [1.54, 1.807) is 0 Å². The predicted octanol–water partition coefficient (Wildman–Crippen LogP) is -0.199. The molecule has 8 heteroatoms. The topological polar surface area (TPSA) is 103 Å². The van der Waals surface area contributed by atoms with Crippen LogP contribution in [0.25, 0.3) is 0 Å². The fourth-order valence-corrected chi connectivity index (χ4v) is 1.07. The van der Waals surface area contributed by atoms with Gasteiger partial charge in [0.2, 0.25) is 0 Å². The van der Waals surface area contributed by atoms with Crippen molar-refractivity contribution in [2.75, 3.05) is 24.0 Å². The zero-order chi connectivity index (χ0) is 13.1. The van der Waals surface area contributed by atoms with Crippen molar-refractivity contribution in [2.45, 2.75) is 12.5 Å². The molecule has 0 unspecified atom stereocenters. The summed E-state index contributed by atoms with van der Waals surface area (Å²) in [6.07, 6.45) is 0. The number of nitrogens with one attached hydrogen (secondary N) is 2. The summed E-state index contributed by atoms with van der Waals surface area (Å²) in [6.45, 7) is 0.549. The van der Waals surface area contributed by atoms with Crippen LogP contribution in [0.15, 0.2) is 6.07 Å². The van der Waals surface area contributed by atoms with Crippen molar-refractivity contribution in [3.05, 3.63) is 17.7 Å². The smallest absolute Gasteiger partial charge is 0.178 e. The summed E-state index contributed by atoms with van der Waals surface area (Å²) in [5.41, 5.74) is 0.798. The lowest BCUT2D eigenvalue weighted by atomic mass is 10.1. The third-order valence-electron chi connectivity index (χ3n) is 2.18. The number of hydrazine groups is 1. The van der Waals surface area contributed by atoms with Crippen LogP contribution in [0.1, 0.15) is 6.92 Å². The van der Waals surface area contributed by atoms with Gasteiger partial charge in [-0.15, -0.1) is 0 Å². The van der Waals surface area contributed by atoms with E-state index in [2.05, 4.69) is 10.3 Å². The quantitative estimate of drug-likeness (QED) is 0.365. The van der Waals surface area contributed by atoms with Gasteiger partial charge in [0.1, 0.15) is 0 Å². The van der Waals surface area contributed by atoms with Crippen LogP contribution < -0.4 is 16.6 Å². The second-order valence-corrected chi connectivity index (χ2v) is 3.80. The van der Waals surface area contributed by atoms with Gasteiger partial charge in [-0.05, 0) is 6.92 Å². The highest BCUT2D eigenvalue weighted by Gasteiger charge is 2.24. The van der Waals surface area contributed by atoms with Crippen molar-refractivity contribution in [1.82, 2.24) is 4.98 Å². The molecule has 1 heterocycles. The molecule has 0 aliphatic rings. The maximum Gasteiger partial charge on any atom is 0.178 e. The van der Waals surface area contributed by atoms with Crippen molar-refractivity contribution in [1.29, 1.82) is 0 Å². The molecule has 96 valence electrons. The molecule has 0 fully saturated rings. The molecule has 0 spiro atoms. The van der Waals surface area contributed by atoms with Gasteiger partial charge in [0.15, 0.2) is 23.3 Å². The molecular formula is C9H14F2N4O2. The first-order valence-electron chi connectivity index (χ1n) is 4.78. The van der Waals surface area contributed by atoms with E-state index in [1.807, 2.05) is 5.43 Å². The Hall–Kier alpha value is -1.51. The summed E-state index contributed by atoms with van der Waals surface area (Å²) < 4.78 is 26.4. The van der Waals surface area contributed by atoms with E-state index in [4.69, 9.17) is 16.1 Å². The van der Waals surface area contributed by atoms with Gasteiger partial charge in [-0.25, -0.2) is 19.6 Å². The molecule has 1 aromatic rings. The van der Waals surface area contributed by atoms with Crippen LogP contribution in [0, 0.1) is 11.6 Å². The highest BCUT2D eigenvalue weighted by molar-refractivity contribution is 5.48. The summed E-state index contributed by atoms with van der Waals surface area (Å²) in [6, 6.07) is 0.597. The van der Waals surface area contributed by atoms with Crippen molar-refractivity contribution < 1.29 is 19.0 Å². The highest BCUT2D eigenvalue weighted by Crippen LogP contribution is 2.21. The third kappa shape index (κ3) is 2.99. The molecule has 0 amide bonds.